The lowest BCUT2D eigenvalue weighted by Crippen LogP contribution is -2.39. The van der Waals surface area contributed by atoms with E-state index in [2.05, 4.69) is 15.2 Å². The Labute approximate surface area is 179 Å². The summed E-state index contributed by atoms with van der Waals surface area (Å²) in [4.78, 5) is 19.8. The molecule has 1 atom stereocenters. The smallest absolute Gasteiger partial charge is 0.259 e. The molecule has 27 heavy (non-hydrogen) atoms. The number of hydrogen-bond donors (Lipinski definition) is 1. The lowest BCUT2D eigenvalue weighted by Gasteiger charge is -2.22. The van der Waals surface area contributed by atoms with Crippen LogP contribution in [-0.4, -0.2) is 76.2 Å². The van der Waals surface area contributed by atoms with Crippen molar-refractivity contribution in [3.8, 4) is 5.75 Å². The number of benzene rings is 1. The first-order chi connectivity index (χ1) is 12.5. The minimum Gasteiger partial charge on any atom is -0.484 e. The first-order valence-electron chi connectivity index (χ1n) is 8.90. The molecule has 2 rings (SSSR count). The molecule has 0 bridgehead atoms. The van der Waals surface area contributed by atoms with E-state index in [-0.39, 0.29) is 36.5 Å². The minimum atomic E-state index is -0.0615. The molecule has 7 nitrogen and oxygen atoms in total. The van der Waals surface area contributed by atoms with Crippen LogP contribution in [0.1, 0.15) is 12.0 Å². The maximum atomic E-state index is 11.6. The highest BCUT2D eigenvalue weighted by molar-refractivity contribution is 14.0. The number of carbonyl (C=O) groups is 1. The van der Waals surface area contributed by atoms with Gasteiger partial charge >= 0.3 is 0 Å². The Balaban J connectivity index is 0.00000364. The highest BCUT2D eigenvalue weighted by atomic mass is 127. The van der Waals surface area contributed by atoms with Crippen LogP contribution in [0, 0.1) is 5.92 Å². The number of amides is 1. The lowest BCUT2D eigenvalue weighted by molar-refractivity contribution is -0.130. The Kier molecular flexibility index (Phi) is 10.5. The number of hydrogen-bond acceptors (Lipinski definition) is 4. The predicted molar refractivity (Wildman–Crippen MR) is 118 cm³/mol. The molecule has 1 aromatic rings. The first kappa shape index (κ1) is 23.5. The van der Waals surface area contributed by atoms with Crippen molar-refractivity contribution in [2.24, 2.45) is 10.9 Å². The molecule has 1 amide bonds. The highest BCUT2D eigenvalue weighted by Gasteiger charge is 2.24. The highest BCUT2D eigenvalue weighted by Crippen LogP contribution is 2.17. The van der Waals surface area contributed by atoms with Crippen molar-refractivity contribution in [1.29, 1.82) is 0 Å². The van der Waals surface area contributed by atoms with Gasteiger partial charge in [-0.1, -0.05) is 12.1 Å². The van der Waals surface area contributed by atoms with Gasteiger partial charge in [0, 0.05) is 53.8 Å². The normalized spacial score (nSPS) is 16.7. The van der Waals surface area contributed by atoms with Crippen LogP contribution in [0.25, 0.3) is 0 Å². The summed E-state index contributed by atoms with van der Waals surface area (Å²) in [6.45, 7) is 3.43. The monoisotopic (exact) mass is 490 g/mol. The van der Waals surface area contributed by atoms with E-state index in [4.69, 9.17) is 9.47 Å². The Morgan fingerprint density at radius 3 is 2.85 bits per heavy atom. The number of halogens is 1. The van der Waals surface area contributed by atoms with Crippen molar-refractivity contribution in [2.45, 2.75) is 13.0 Å². The van der Waals surface area contributed by atoms with Crippen LogP contribution in [-0.2, 0) is 16.1 Å². The van der Waals surface area contributed by atoms with E-state index in [0.717, 1.165) is 37.6 Å². The molecule has 1 aliphatic rings. The molecule has 1 saturated heterocycles. The molecule has 152 valence electrons. The van der Waals surface area contributed by atoms with Gasteiger partial charge in [-0.3, -0.25) is 9.79 Å². The number of carbonyl (C=O) groups excluding carboxylic acids is 1. The standard InChI is InChI=1S/C19H30N4O3.HI/c1-20-19(23-9-8-16(12-23)13-25-4)21-11-15-6-5-7-17(10-15)26-14-18(24)22(2)3;/h5-7,10,16H,8-9,11-14H2,1-4H3,(H,20,21);1H. The predicted octanol–water partition coefficient (Wildman–Crippen LogP) is 1.82. The fourth-order valence-corrected chi connectivity index (χ4v) is 2.93. The van der Waals surface area contributed by atoms with Crippen LogP contribution in [0.3, 0.4) is 0 Å². The molecule has 0 saturated carbocycles. The van der Waals surface area contributed by atoms with Gasteiger partial charge in [-0.2, -0.15) is 0 Å². The van der Waals surface area contributed by atoms with Crippen LogP contribution < -0.4 is 10.1 Å². The van der Waals surface area contributed by atoms with Crippen LogP contribution in [0.4, 0.5) is 0 Å². The average Bonchev–Trinajstić information content (AvgIpc) is 3.09. The van der Waals surface area contributed by atoms with E-state index in [1.165, 1.54) is 4.90 Å². The average molecular weight is 490 g/mol. The number of ether oxygens (including phenoxy) is 2. The van der Waals surface area contributed by atoms with Crippen molar-refractivity contribution in [3.63, 3.8) is 0 Å². The van der Waals surface area contributed by atoms with E-state index in [1.54, 1.807) is 28.3 Å². The number of guanidine groups is 1. The topological polar surface area (TPSA) is 66.4 Å². The zero-order valence-corrected chi connectivity index (χ0v) is 18.9. The number of methoxy groups -OCH3 is 1. The van der Waals surface area contributed by atoms with Gasteiger partial charge in [0.15, 0.2) is 12.6 Å². The van der Waals surface area contributed by atoms with E-state index in [9.17, 15) is 4.79 Å². The number of likely N-dealkylation sites (N-methyl/N-ethyl adjacent to an activating group) is 1. The van der Waals surface area contributed by atoms with Crippen molar-refractivity contribution in [3.05, 3.63) is 29.8 Å². The molecular formula is C19H31IN4O3. The second-order valence-corrected chi connectivity index (χ2v) is 6.68. The summed E-state index contributed by atoms with van der Waals surface area (Å²) in [6.07, 6.45) is 1.12. The van der Waals surface area contributed by atoms with Crippen molar-refractivity contribution in [2.75, 3.05) is 54.6 Å². The first-order valence-corrected chi connectivity index (χ1v) is 8.90. The van der Waals surface area contributed by atoms with E-state index in [1.807, 2.05) is 24.3 Å². The van der Waals surface area contributed by atoms with Gasteiger partial charge in [0.25, 0.3) is 5.91 Å². The Morgan fingerprint density at radius 1 is 1.41 bits per heavy atom. The van der Waals surface area contributed by atoms with Crippen LogP contribution in [0.5, 0.6) is 5.75 Å². The molecule has 0 radical (unpaired) electrons. The van der Waals surface area contributed by atoms with Crippen LogP contribution in [0.15, 0.2) is 29.3 Å². The number of nitrogens with zero attached hydrogens (tertiary/aromatic N) is 3. The molecule has 1 unspecified atom stereocenters. The zero-order chi connectivity index (χ0) is 18.9. The van der Waals surface area contributed by atoms with Gasteiger partial charge in [-0.05, 0) is 24.1 Å². The number of nitrogens with one attached hydrogen (secondary N) is 1. The zero-order valence-electron chi connectivity index (χ0n) is 16.6. The minimum absolute atomic E-state index is 0. The van der Waals surface area contributed by atoms with E-state index in [0.29, 0.717) is 18.2 Å². The largest absolute Gasteiger partial charge is 0.484 e. The third kappa shape index (κ3) is 7.53. The summed E-state index contributed by atoms with van der Waals surface area (Å²) in [6, 6.07) is 7.76. The summed E-state index contributed by atoms with van der Waals surface area (Å²) in [5, 5.41) is 3.41. The molecule has 1 N–H and O–H groups in total. The Bertz CT molecular complexity index is 625. The van der Waals surface area contributed by atoms with E-state index < -0.39 is 0 Å². The van der Waals surface area contributed by atoms with Crippen molar-refractivity contribution >= 4 is 35.8 Å². The van der Waals surface area contributed by atoms with Crippen LogP contribution >= 0.6 is 24.0 Å². The van der Waals surface area contributed by atoms with Gasteiger partial charge < -0.3 is 24.6 Å². The van der Waals surface area contributed by atoms with Crippen molar-refractivity contribution < 1.29 is 14.3 Å². The third-order valence-electron chi connectivity index (χ3n) is 4.41. The Morgan fingerprint density at radius 2 is 2.19 bits per heavy atom. The maximum absolute atomic E-state index is 11.6. The van der Waals surface area contributed by atoms with Gasteiger partial charge in [-0.15, -0.1) is 24.0 Å². The number of likely N-dealkylation sites (tertiary alicyclic amines) is 1. The summed E-state index contributed by atoms with van der Waals surface area (Å²) < 4.78 is 10.8. The second kappa shape index (κ2) is 12.0. The molecule has 0 aliphatic carbocycles. The third-order valence-corrected chi connectivity index (χ3v) is 4.41. The summed E-state index contributed by atoms with van der Waals surface area (Å²) >= 11 is 0. The fourth-order valence-electron chi connectivity index (χ4n) is 2.93. The molecule has 0 spiro atoms. The number of aliphatic imine (C=N–C) groups is 1. The van der Waals surface area contributed by atoms with E-state index >= 15 is 0 Å². The summed E-state index contributed by atoms with van der Waals surface area (Å²) in [5.74, 6) is 2.09. The molecule has 1 aliphatic heterocycles. The lowest BCUT2D eigenvalue weighted by atomic mass is 10.1. The van der Waals surface area contributed by atoms with Gasteiger partial charge in [0.1, 0.15) is 5.75 Å². The molecule has 1 aromatic carbocycles. The van der Waals surface area contributed by atoms with Crippen LogP contribution in [0.2, 0.25) is 0 Å². The summed E-state index contributed by atoms with van der Waals surface area (Å²) in [5.41, 5.74) is 1.08. The van der Waals surface area contributed by atoms with Gasteiger partial charge in [-0.25, -0.2) is 0 Å². The number of rotatable bonds is 7. The molecule has 0 aromatic heterocycles. The maximum Gasteiger partial charge on any atom is 0.259 e. The molecule has 8 heteroatoms. The molecule has 1 fully saturated rings. The van der Waals surface area contributed by atoms with Crippen molar-refractivity contribution in [1.82, 2.24) is 15.1 Å². The Hall–Kier alpha value is -1.55. The summed E-state index contributed by atoms with van der Waals surface area (Å²) in [7, 11) is 6.98. The van der Waals surface area contributed by atoms with Gasteiger partial charge in [0.2, 0.25) is 0 Å². The molecular weight excluding hydrogens is 459 g/mol. The quantitative estimate of drug-likeness (QED) is 0.359. The second-order valence-electron chi connectivity index (χ2n) is 6.68. The SMILES string of the molecule is CN=C(NCc1cccc(OCC(=O)N(C)C)c1)N1CCC(COC)C1.I. The fraction of sp³-hybridized carbons (Fsp3) is 0.579. The van der Waals surface area contributed by atoms with Gasteiger partial charge in [0.05, 0.1) is 6.61 Å². The molecule has 1 heterocycles.